The van der Waals surface area contributed by atoms with Gasteiger partial charge >= 0.3 is 0 Å². The average molecular weight is 218 g/mol. The second-order valence-corrected chi connectivity index (χ2v) is 3.84. The minimum atomic E-state index is -0.549. The fourth-order valence-corrected chi connectivity index (χ4v) is 1.60. The summed E-state index contributed by atoms with van der Waals surface area (Å²) in [4.78, 5) is 8.53. The van der Waals surface area contributed by atoms with E-state index >= 15 is 0 Å². The van der Waals surface area contributed by atoms with Gasteiger partial charge in [0.1, 0.15) is 0 Å². The van der Waals surface area contributed by atoms with Crippen molar-refractivity contribution in [1.82, 2.24) is 9.97 Å². The van der Waals surface area contributed by atoms with Gasteiger partial charge in [0.25, 0.3) is 0 Å². The first-order valence-electron chi connectivity index (χ1n) is 5.15. The van der Waals surface area contributed by atoms with Crippen molar-refractivity contribution in [3.05, 3.63) is 35.3 Å². The molecule has 84 valence electrons. The molecule has 16 heavy (non-hydrogen) atoms. The zero-order chi connectivity index (χ0) is 11.7. The average Bonchev–Trinajstić information content (AvgIpc) is 2.63. The summed E-state index contributed by atoms with van der Waals surface area (Å²) in [6.45, 7) is 5.50. The predicted octanol–water partition coefficient (Wildman–Crippen LogP) is 2.41. The fourth-order valence-electron chi connectivity index (χ4n) is 1.60. The molecule has 0 spiro atoms. The summed E-state index contributed by atoms with van der Waals surface area (Å²) in [6, 6.07) is 1.87. The fraction of sp³-hybridized carbons (Fsp3) is 0.333. The molecule has 0 aliphatic rings. The standard InChI is InChI=1S/C12H14N2O2/c1-7-4-5-16-11(7)12-13-6-10(9(3)15)8(2)14-12/h4-6,9,15H,1-3H3. The van der Waals surface area contributed by atoms with Gasteiger partial charge in [0.2, 0.25) is 0 Å². The highest BCUT2D eigenvalue weighted by molar-refractivity contribution is 5.52. The molecule has 0 saturated heterocycles. The van der Waals surface area contributed by atoms with E-state index < -0.39 is 6.10 Å². The van der Waals surface area contributed by atoms with E-state index in [1.165, 1.54) is 0 Å². The van der Waals surface area contributed by atoms with E-state index in [0.29, 0.717) is 11.6 Å². The third-order valence-electron chi connectivity index (χ3n) is 2.53. The lowest BCUT2D eigenvalue weighted by Gasteiger charge is -2.08. The first-order chi connectivity index (χ1) is 7.59. The minimum Gasteiger partial charge on any atom is -0.461 e. The first kappa shape index (κ1) is 10.8. The van der Waals surface area contributed by atoms with Crippen LogP contribution in [0.3, 0.4) is 0 Å². The van der Waals surface area contributed by atoms with Gasteiger partial charge in [-0.15, -0.1) is 0 Å². The first-order valence-corrected chi connectivity index (χ1v) is 5.15. The Morgan fingerprint density at radius 1 is 1.38 bits per heavy atom. The van der Waals surface area contributed by atoms with Gasteiger partial charge in [0.05, 0.1) is 12.4 Å². The molecule has 1 atom stereocenters. The van der Waals surface area contributed by atoms with Gasteiger partial charge in [-0.05, 0) is 32.4 Å². The van der Waals surface area contributed by atoms with E-state index in [4.69, 9.17) is 4.42 Å². The molecule has 0 bridgehead atoms. The monoisotopic (exact) mass is 218 g/mol. The van der Waals surface area contributed by atoms with Crippen LogP contribution in [0.15, 0.2) is 22.9 Å². The summed E-state index contributed by atoms with van der Waals surface area (Å²) in [7, 11) is 0. The molecule has 4 nitrogen and oxygen atoms in total. The maximum Gasteiger partial charge on any atom is 0.196 e. The molecule has 2 heterocycles. The quantitative estimate of drug-likeness (QED) is 0.840. The summed E-state index contributed by atoms with van der Waals surface area (Å²) in [5, 5.41) is 9.48. The van der Waals surface area contributed by atoms with E-state index in [9.17, 15) is 5.11 Å². The van der Waals surface area contributed by atoms with Crippen LogP contribution < -0.4 is 0 Å². The van der Waals surface area contributed by atoms with Crippen LogP contribution in [0.2, 0.25) is 0 Å². The molecule has 0 amide bonds. The van der Waals surface area contributed by atoms with E-state index in [1.54, 1.807) is 19.4 Å². The van der Waals surface area contributed by atoms with Crippen LogP contribution >= 0.6 is 0 Å². The number of aliphatic hydroxyl groups is 1. The van der Waals surface area contributed by atoms with Crippen molar-refractivity contribution < 1.29 is 9.52 Å². The van der Waals surface area contributed by atoms with Crippen molar-refractivity contribution in [2.24, 2.45) is 0 Å². The zero-order valence-corrected chi connectivity index (χ0v) is 9.56. The lowest BCUT2D eigenvalue weighted by atomic mass is 10.1. The highest BCUT2D eigenvalue weighted by Gasteiger charge is 2.12. The molecule has 0 fully saturated rings. The summed E-state index contributed by atoms with van der Waals surface area (Å²) in [5.74, 6) is 1.24. The van der Waals surface area contributed by atoms with Crippen LogP contribution in [0, 0.1) is 13.8 Å². The third-order valence-corrected chi connectivity index (χ3v) is 2.53. The van der Waals surface area contributed by atoms with Crippen LogP contribution in [-0.4, -0.2) is 15.1 Å². The normalized spacial score (nSPS) is 12.8. The number of aliphatic hydroxyl groups excluding tert-OH is 1. The summed E-state index contributed by atoms with van der Waals surface area (Å²) >= 11 is 0. The van der Waals surface area contributed by atoms with Crippen LogP contribution in [-0.2, 0) is 0 Å². The zero-order valence-electron chi connectivity index (χ0n) is 9.56. The van der Waals surface area contributed by atoms with Gasteiger partial charge in [0, 0.05) is 17.5 Å². The number of hydrogen-bond donors (Lipinski definition) is 1. The molecular weight excluding hydrogens is 204 g/mol. The molecule has 2 aromatic heterocycles. The SMILES string of the molecule is Cc1ccoc1-c1ncc(C(C)O)c(C)n1. The summed E-state index contributed by atoms with van der Waals surface area (Å²) in [6.07, 6.45) is 2.71. The van der Waals surface area contributed by atoms with Crippen molar-refractivity contribution >= 4 is 0 Å². The van der Waals surface area contributed by atoms with Gasteiger partial charge in [-0.1, -0.05) is 0 Å². The number of nitrogens with zero attached hydrogens (tertiary/aromatic N) is 2. The van der Waals surface area contributed by atoms with Crippen molar-refractivity contribution in [2.75, 3.05) is 0 Å². The van der Waals surface area contributed by atoms with E-state index in [-0.39, 0.29) is 0 Å². The van der Waals surface area contributed by atoms with Crippen LogP contribution in [0.5, 0.6) is 0 Å². The summed E-state index contributed by atoms with van der Waals surface area (Å²) < 4.78 is 5.32. The number of hydrogen-bond acceptors (Lipinski definition) is 4. The molecule has 0 aromatic carbocycles. The highest BCUT2D eigenvalue weighted by atomic mass is 16.3. The molecule has 0 saturated carbocycles. The van der Waals surface area contributed by atoms with Gasteiger partial charge in [-0.2, -0.15) is 0 Å². The Bertz CT molecular complexity index is 503. The van der Waals surface area contributed by atoms with Crippen molar-refractivity contribution in [3.63, 3.8) is 0 Å². The molecule has 4 heteroatoms. The highest BCUT2D eigenvalue weighted by Crippen LogP contribution is 2.22. The van der Waals surface area contributed by atoms with Gasteiger partial charge in [0.15, 0.2) is 11.6 Å². The van der Waals surface area contributed by atoms with Gasteiger partial charge in [-0.3, -0.25) is 0 Å². The number of aryl methyl sites for hydroxylation is 2. The van der Waals surface area contributed by atoms with Crippen molar-refractivity contribution in [3.8, 4) is 11.6 Å². The molecule has 0 aliphatic heterocycles. The Hall–Kier alpha value is -1.68. The lowest BCUT2D eigenvalue weighted by Crippen LogP contribution is -2.01. The molecule has 2 rings (SSSR count). The predicted molar refractivity (Wildman–Crippen MR) is 59.8 cm³/mol. The third kappa shape index (κ3) is 1.84. The van der Waals surface area contributed by atoms with E-state index in [2.05, 4.69) is 9.97 Å². The second kappa shape index (κ2) is 4.06. The number of furan rings is 1. The summed E-state index contributed by atoms with van der Waals surface area (Å²) in [5.41, 5.74) is 2.52. The minimum absolute atomic E-state index is 0.549. The molecule has 1 N–H and O–H groups in total. The Morgan fingerprint density at radius 2 is 2.12 bits per heavy atom. The molecule has 0 aliphatic carbocycles. The van der Waals surface area contributed by atoms with E-state index in [1.807, 2.05) is 19.9 Å². The van der Waals surface area contributed by atoms with Crippen LogP contribution in [0.25, 0.3) is 11.6 Å². The van der Waals surface area contributed by atoms with Crippen molar-refractivity contribution in [2.45, 2.75) is 26.9 Å². The van der Waals surface area contributed by atoms with Gasteiger partial charge in [-0.25, -0.2) is 9.97 Å². The smallest absolute Gasteiger partial charge is 0.196 e. The molecule has 1 unspecified atom stereocenters. The second-order valence-electron chi connectivity index (χ2n) is 3.84. The topological polar surface area (TPSA) is 59.2 Å². The molecule has 2 aromatic rings. The van der Waals surface area contributed by atoms with Gasteiger partial charge < -0.3 is 9.52 Å². The maximum absolute atomic E-state index is 9.48. The Kier molecular flexibility index (Phi) is 2.75. The Morgan fingerprint density at radius 3 is 2.62 bits per heavy atom. The maximum atomic E-state index is 9.48. The molecular formula is C12H14N2O2. The van der Waals surface area contributed by atoms with Crippen molar-refractivity contribution in [1.29, 1.82) is 0 Å². The molecule has 0 radical (unpaired) electrons. The van der Waals surface area contributed by atoms with Crippen LogP contribution in [0.1, 0.15) is 29.8 Å². The number of aromatic nitrogens is 2. The van der Waals surface area contributed by atoms with Crippen LogP contribution in [0.4, 0.5) is 0 Å². The number of rotatable bonds is 2. The Balaban J connectivity index is 2.46. The van der Waals surface area contributed by atoms with E-state index in [0.717, 1.165) is 16.8 Å². The lowest BCUT2D eigenvalue weighted by molar-refractivity contribution is 0.197. The largest absolute Gasteiger partial charge is 0.461 e. The Labute approximate surface area is 94.0 Å².